The number of aryl methyl sites for hydroxylation is 1. The molecule has 1 heterocycles. The van der Waals surface area contributed by atoms with Gasteiger partial charge in [-0.25, -0.2) is 0 Å². The van der Waals surface area contributed by atoms with Crippen LogP contribution in [0.25, 0.3) is 0 Å². The maximum atomic E-state index is 11.5. The van der Waals surface area contributed by atoms with Gasteiger partial charge in [-0.1, -0.05) is 6.07 Å². The molecule has 0 aromatic heterocycles. The largest absolute Gasteiger partial charge is 0.397 e. The summed E-state index contributed by atoms with van der Waals surface area (Å²) in [5.74, 6) is 0.183. The second-order valence-corrected chi connectivity index (χ2v) is 3.71. The number of nitrogen functional groups attached to an aromatic ring is 1. The summed E-state index contributed by atoms with van der Waals surface area (Å²) in [7, 11) is 0. The lowest BCUT2D eigenvalue weighted by molar-refractivity contribution is -0.117. The van der Waals surface area contributed by atoms with E-state index < -0.39 is 0 Å². The molecule has 1 amide bonds. The molecular formula is C11H14N2O. The van der Waals surface area contributed by atoms with Crippen molar-refractivity contribution in [3.8, 4) is 0 Å². The van der Waals surface area contributed by atoms with Gasteiger partial charge < -0.3 is 10.6 Å². The minimum atomic E-state index is 0.183. The second kappa shape index (κ2) is 3.33. The molecule has 1 fully saturated rings. The number of anilines is 2. The monoisotopic (exact) mass is 190 g/mol. The zero-order valence-electron chi connectivity index (χ0n) is 8.29. The molecule has 74 valence electrons. The van der Waals surface area contributed by atoms with Gasteiger partial charge in [0.1, 0.15) is 0 Å². The normalized spacial score (nSPS) is 16.4. The molecular weight excluding hydrogens is 176 g/mol. The van der Waals surface area contributed by atoms with E-state index in [9.17, 15) is 4.79 Å². The highest BCUT2D eigenvalue weighted by molar-refractivity contribution is 5.98. The van der Waals surface area contributed by atoms with Crippen molar-refractivity contribution in [1.29, 1.82) is 0 Å². The molecule has 1 aromatic carbocycles. The fourth-order valence-corrected chi connectivity index (χ4v) is 1.79. The summed E-state index contributed by atoms with van der Waals surface area (Å²) in [6.45, 7) is 2.80. The van der Waals surface area contributed by atoms with Crippen LogP contribution in [-0.4, -0.2) is 12.5 Å². The molecule has 0 aliphatic carbocycles. The van der Waals surface area contributed by atoms with E-state index in [1.807, 2.05) is 25.1 Å². The Morgan fingerprint density at radius 1 is 1.43 bits per heavy atom. The third-order valence-corrected chi connectivity index (χ3v) is 2.55. The van der Waals surface area contributed by atoms with Crippen molar-refractivity contribution in [3.63, 3.8) is 0 Å². The predicted octanol–water partition coefficient (Wildman–Crippen LogP) is 1.70. The van der Waals surface area contributed by atoms with Gasteiger partial charge in [0, 0.05) is 13.0 Å². The highest BCUT2D eigenvalue weighted by atomic mass is 16.2. The first-order valence-corrected chi connectivity index (χ1v) is 4.85. The van der Waals surface area contributed by atoms with Gasteiger partial charge in [-0.05, 0) is 31.0 Å². The van der Waals surface area contributed by atoms with Gasteiger partial charge in [0.15, 0.2) is 0 Å². The standard InChI is InChI=1S/C11H14N2O/c1-8-4-5-9(12)10(7-8)13-6-2-3-11(13)14/h4-5,7H,2-3,6,12H2,1H3. The molecule has 3 nitrogen and oxygen atoms in total. The van der Waals surface area contributed by atoms with Crippen molar-refractivity contribution in [2.45, 2.75) is 19.8 Å². The van der Waals surface area contributed by atoms with Gasteiger partial charge in [-0.2, -0.15) is 0 Å². The Morgan fingerprint density at radius 3 is 2.86 bits per heavy atom. The van der Waals surface area contributed by atoms with E-state index in [0.29, 0.717) is 12.1 Å². The predicted molar refractivity (Wildman–Crippen MR) is 57.2 cm³/mol. The molecule has 1 saturated heterocycles. The molecule has 2 N–H and O–H groups in total. The number of benzene rings is 1. The van der Waals surface area contributed by atoms with Crippen LogP contribution in [0.1, 0.15) is 18.4 Å². The lowest BCUT2D eigenvalue weighted by atomic mass is 10.2. The molecule has 0 saturated carbocycles. The lowest BCUT2D eigenvalue weighted by Gasteiger charge is -2.18. The van der Waals surface area contributed by atoms with Crippen LogP contribution in [-0.2, 0) is 4.79 Å². The van der Waals surface area contributed by atoms with Gasteiger partial charge in [-0.3, -0.25) is 4.79 Å². The number of nitrogens with two attached hydrogens (primary N) is 1. The number of carbonyl (C=O) groups is 1. The fourth-order valence-electron chi connectivity index (χ4n) is 1.79. The number of hydrogen-bond donors (Lipinski definition) is 1. The van der Waals surface area contributed by atoms with Crippen molar-refractivity contribution in [3.05, 3.63) is 23.8 Å². The molecule has 0 spiro atoms. The molecule has 0 unspecified atom stereocenters. The minimum Gasteiger partial charge on any atom is -0.397 e. The van der Waals surface area contributed by atoms with Crippen LogP contribution in [0.2, 0.25) is 0 Å². The van der Waals surface area contributed by atoms with Gasteiger partial charge in [0.25, 0.3) is 0 Å². The quantitative estimate of drug-likeness (QED) is 0.685. The van der Waals surface area contributed by atoms with E-state index in [-0.39, 0.29) is 5.91 Å². The lowest BCUT2D eigenvalue weighted by Crippen LogP contribution is -2.24. The molecule has 1 aromatic rings. The number of nitrogens with zero attached hydrogens (tertiary/aromatic N) is 1. The van der Waals surface area contributed by atoms with Crippen LogP contribution in [0, 0.1) is 6.92 Å². The molecule has 1 aliphatic heterocycles. The van der Waals surface area contributed by atoms with Crippen LogP contribution < -0.4 is 10.6 Å². The van der Waals surface area contributed by atoms with Crippen LogP contribution in [0.4, 0.5) is 11.4 Å². The van der Waals surface area contributed by atoms with Gasteiger partial charge in [0.05, 0.1) is 11.4 Å². The van der Waals surface area contributed by atoms with Gasteiger partial charge in [0.2, 0.25) is 5.91 Å². The van der Waals surface area contributed by atoms with E-state index in [1.165, 1.54) is 0 Å². The van der Waals surface area contributed by atoms with Crippen molar-refractivity contribution < 1.29 is 4.79 Å². The van der Waals surface area contributed by atoms with Crippen molar-refractivity contribution in [2.75, 3.05) is 17.2 Å². The van der Waals surface area contributed by atoms with Crippen LogP contribution in [0.5, 0.6) is 0 Å². The zero-order valence-corrected chi connectivity index (χ0v) is 8.29. The van der Waals surface area contributed by atoms with Crippen LogP contribution >= 0.6 is 0 Å². The molecule has 2 rings (SSSR count). The first kappa shape index (κ1) is 9.06. The Balaban J connectivity index is 2.39. The SMILES string of the molecule is Cc1ccc(N)c(N2CCCC2=O)c1. The summed E-state index contributed by atoms with van der Waals surface area (Å²) in [6, 6.07) is 5.79. The third-order valence-electron chi connectivity index (χ3n) is 2.55. The average molecular weight is 190 g/mol. The zero-order chi connectivity index (χ0) is 10.1. The number of amides is 1. The number of rotatable bonds is 1. The van der Waals surface area contributed by atoms with Crippen LogP contribution in [0.3, 0.4) is 0 Å². The number of hydrogen-bond acceptors (Lipinski definition) is 2. The Bertz CT molecular complexity index is 374. The van der Waals surface area contributed by atoms with E-state index in [2.05, 4.69) is 0 Å². The molecule has 1 aliphatic rings. The van der Waals surface area contributed by atoms with E-state index in [1.54, 1.807) is 4.90 Å². The summed E-state index contributed by atoms with van der Waals surface area (Å²) in [4.78, 5) is 13.3. The maximum Gasteiger partial charge on any atom is 0.227 e. The molecule has 0 atom stereocenters. The van der Waals surface area contributed by atoms with Crippen LogP contribution in [0.15, 0.2) is 18.2 Å². The average Bonchev–Trinajstić information content (AvgIpc) is 2.56. The van der Waals surface area contributed by atoms with Crippen molar-refractivity contribution in [2.24, 2.45) is 0 Å². The first-order chi connectivity index (χ1) is 6.68. The summed E-state index contributed by atoms with van der Waals surface area (Å²) < 4.78 is 0. The van der Waals surface area contributed by atoms with E-state index in [4.69, 9.17) is 5.73 Å². The molecule has 3 heteroatoms. The summed E-state index contributed by atoms with van der Waals surface area (Å²) >= 11 is 0. The van der Waals surface area contributed by atoms with E-state index in [0.717, 1.165) is 24.2 Å². The summed E-state index contributed by atoms with van der Waals surface area (Å²) in [5.41, 5.74) is 8.52. The Kier molecular flexibility index (Phi) is 2.15. The Labute approximate surface area is 83.5 Å². The second-order valence-electron chi connectivity index (χ2n) is 3.71. The Morgan fingerprint density at radius 2 is 2.21 bits per heavy atom. The summed E-state index contributed by atoms with van der Waals surface area (Å²) in [6.07, 6.45) is 1.58. The minimum absolute atomic E-state index is 0.183. The fraction of sp³-hybridized carbons (Fsp3) is 0.364. The highest BCUT2D eigenvalue weighted by Gasteiger charge is 2.23. The summed E-state index contributed by atoms with van der Waals surface area (Å²) in [5, 5.41) is 0. The van der Waals surface area contributed by atoms with Crippen molar-refractivity contribution in [1.82, 2.24) is 0 Å². The topological polar surface area (TPSA) is 46.3 Å². The smallest absolute Gasteiger partial charge is 0.227 e. The highest BCUT2D eigenvalue weighted by Crippen LogP contribution is 2.28. The molecule has 0 bridgehead atoms. The first-order valence-electron chi connectivity index (χ1n) is 4.85. The van der Waals surface area contributed by atoms with Crippen molar-refractivity contribution >= 4 is 17.3 Å². The maximum absolute atomic E-state index is 11.5. The Hall–Kier alpha value is -1.51. The molecule has 0 radical (unpaired) electrons. The number of carbonyl (C=O) groups excluding carboxylic acids is 1. The van der Waals surface area contributed by atoms with E-state index >= 15 is 0 Å². The molecule has 14 heavy (non-hydrogen) atoms. The third kappa shape index (κ3) is 1.45. The van der Waals surface area contributed by atoms with Gasteiger partial charge in [-0.15, -0.1) is 0 Å². The van der Waals surface area contributed by atoms with Gasteiger partial charge >= 0.3 is 0 Å².